The van der Waals surface area contributed by atoms with Crippen LogP contribution in [0.3, 0.4) is 0 Å². The molecule has 4 N–H and O–H groups in total. The summed E-state index contributed by atoms with van der Waals surface area (Å²) in [7, 11) is 3.03. The monoisotopic (exact) mass is 445 g/mol. The number of fused-ring (bicyclic) bond motifs is 2. The molecule has 2 heterocycles. The Kier molecular flexibility index (Phi) is 5.55. The minimum Gasteiger partial charge on any atom is -0.497 e. The van der Waals surface area contributed by atoms with Gasteiger partial charge in [-0.1, -0.05) is 23.7 Å². The zero-order chi connectivity index (χ0) is 22.3. The Morgan fingerprint density at radius 1 is 1.29 bits per heavy atom. The van der Waals surface area contributed by atoms with Gasteiger partial charge in [0, 0.05) is 17.7 Å². The van der Waals surface area contributed by atoms with Gasteiger partial charge < -0.3 is 25.2 Å². The van der Waals surface area contributed by atoms with Gasteiger partial charge in [-0.05, 0) is 31.5 Å². The molecule has 2 aliphatic heterocycles. The number of aliphatic hydroxyl groups excluding tert-OH is 1. The molecule has 2 amide bonds. The van der Waals surface area contributed by atoms with E-state index in [2.05, 4.69) is 16.0 Å². The predicted octanol–water partition coefficient (Wildman–Crippen LogP) is 2.50. The summed E-state index contributed by atoms with van der Waals surface area (Å²) in [5.74, 6) is -0.557. The van der Waals surface area contributed by atoms with Gasteiger partial charge in [0.2, 0.25) is 11.8 Å². The van der Waals surface area contributed by atoms with E-state index in [0.29, 0.717) is 33.5 Å². The van der Waals surface area contributed by atoms with Crippen molar-refractivity contribution >= 4 is 34.8 Å². The number of rotatable bonds is 5. The van der Waals surface area contributed by atoms with E-state index in [1.807, 2.05) is 0 Å². The standard InChI is InChI=1S/C22H24ClN3O5/c1-11(27)16-10-14(20(28)24-17-9-12(30-2)7-8-18(17)31-3)22(26-16)13-5-4-6-15(23)19(13)25-21(22)29/h4-9,11,14,16,26-27H,10H2,1-3H3,(H,24,28)(H,25,29)/t11-,14+,16+,22-/m0/s1. The highest BCUT2D eigenvalue weighted by Crippen LogP contribution is 2.49. The zero-order valence-electron chi connectivity index (χ0n) is 17.4. The van der Waals surface area contributed by atoms with Crippen LogP contribution in [0, 0.1) is 5.92 Å². The Hall–Kier alpha value is -2.81. The lowest BCUT2D eigenvalue weighted by atomic mass is 9.79. The van der Waals surface area contributed by atoms with Crippen molar-refractivity contribution in [3.05, 3.63) is 47.0 Å². The first-order valence-electron chi connectivity index (χ1n) is 9.91. The fourth-order valence-electron chi connectivity index (χ4n) is 4.44. The number of halogens is 1. The smallest absolute Gasteiger partial charge is 0.250 e. The lowest BCUT2D eigenvalue weighted by Gasteiger charge is -2.29. The molecule has 0 aliphatic carbocycles. The van der Waals surface area contributed by atoms with Crippen LogP contribution in [-0.2, 0) is 15.1 Å². The maximum Gasteiger partial charge on any atom is 0.250 e. The Labute approximate surface area is 184 Å². The number of anilines is 2. The number of nitrogens with one attached hydrogen (secondary N) is 3. The molecule has 0 radical (unpaired) electrons. The molecule has 0 aromatic heterocycles. The van der Waals surface area contributed by atoms with E-state index in [4.69, 9.17) is 21.1 Å². The van der Waals surface area contributed by atoms with Crippen molar-refractivity contribution in [3.8, 4) is 11.5 Å². The lowest BCUT2D eigenvalue weighted by molar-refractivity contribution is -0.130. The summed E-state index contributed by atoms with van der Waals surface area (Å²) in [4.78, 5) is 26.7. The first kappa shape index (κ1) is 21.4. The average Bonchev–Trinajstić information content (AvgIpc) is 3.29. The van der Waals surface area contributed by atoms with Gasteiger partial charge in [-0.25, -0.2) is 0 Å². The quantitative estimate of drug-likeness (QED) is 0.563. The van der Waals surface area contributed by atoms with Crippen molar-refractivity contribution in [2.45, 2.75) is 31.0 Å². The number of aliphatic hydroxyl groups is 1. The number of carbonyl (C=O) groups is 2. The summed E-state index contributed by atoms with van der Waals surface area (Å²) in [6, 6.07) is 9.78. The van der Waals surface area contributed by atoms with Crippen LogP contribution in [0.2, 0.25) is 5.02 Å². The van der Waals surface area contributed by atoms with Gasteiger partial charge in [0.15, 0.2) is 0 Å². The molecular weight excluding hydrogens is 422 g/mol. The molecule has 4 atom stereocenters. The van der Waals surface area contributed by atoms with Gasteiger partial charge in [0.05, 0.1) is 42.6 Å². The van der Waals surface area contributed by atoms with Gasteiger partial charge in [0.1, 0.15) is 17.0 Å². The van der Waals surface area contributed by atoms with Crippen molar-refractivity contribution < 1.29 is 24.2 Å². The molecule has 1 spiro atoms. The van der Waals surface area contributed by atoms with Crippen LogP contribution in [-0.4, -0.2) is 43.3 Å². The summed E-state index contributed by atoms with van der Waals surface area (Å²) in [5, 5.41) is 19.5. The van der Waals surface area contributed by atoms with Gasteiger partial charge in [-0.3, -0.25) is 14.9 Å². The largest absolute Gasteiger partial charge is 0.497 e. The number of ether oxygens (including phenoxy) is 2. The second kappa shape index (κ2) is 8.03. The van der Waals surface area contributed by atoms with E-state index in [1.54, 1.807) is 43.3 Å². The fourth-order valence-corrected chi connectivity index (χ4v) is 4.66. The van der Waals surface area contributed by atoms with Crippen LogP contribution in [0.15, 0.2) is 36.4 Å². The van der Waals surface area contributed by atoms with Crippen molar-refractivity contribution in [3.63, 3.8) is 0 Å². The van der Waals surface area contributed by atoms with E-state index in [0.717, 1.165) is 0 Å². The van der Waals surface area contributed by atoms with Crippen LogP contribution < -0.4 is 25.4 Å². The number of hydrogen-bond donors (Lipinski definition) is 4. The first-order valence-corrected chi connectivity index (χ1v) is 10.3. The highest BCUT2D eigenvalue weighted by molar-refractivity contribution is 6.35. The van der Waals surface area contributed by atoms with Crippen LogP contribution in [0.25, 0.3) is 0 Å². The Bertz CT molecular complexity index is 1040. The van der Waals surface area contributed by atoms with Crippen molar-refractivity contribution in [1.82, 2.24) is 5.32 Å². The summed E-state index contributed by atoms with van der Waals surface area (Å²) >= 11 is 6.30. The topological polar surface area (TPSA) is 109 Å². The highest BCUT2D eigenvalue weighted by atomic mass is 35.5. The second-order valence-electron chi connectivity index (χ2n) is 7.76. The predicted molar refractivity (Wildman–Crippen MR) is 117 cm³/mol. The van der Waals surface area contributed by atoms with Gasteiger partial charge in [-0.2, -0.15) is 0 Å². The molecule has 4 rings (SSSR count). The highest BCUT2D eigenvalue weighted by Gasteiger charge is 2.61. The third kappa shape index (κ3) is 3.40. The van der Waals surface area contributed by atoms with Crippen LogP contribution in [0.1, 0.15) is 18.9 Å². The number of benzene rings is 2. The molecule has 0 unspecified atom stereocenters. The second-order valence-corrected chi connectivity index (χ2v) is 8.17. The number of hydrogen-bond acceptors (Lipinski definition) is 6. The molecule has 2 aliphatic rings. The molecule has 1 saturated heterocycles. The molecule has 164 valence electrons. The molecule has 8 nitrogen and oxygen atoms in total. The van der Waals surface area contributed by atoms with Crippen LogP contribution in [0.5, 0.6) is 11.5 Å². The molecule has 2 aromatic rings. The fraction of sp³-hybridized carbons (Fsp3) is 0.364. The number of amides is 2. The maximum absolute atomic E-state index is 13.5. The number of carbonyl (C=O) groups excluding carboxylic acids is 2. The SMILES string of the molecule is COc1ccc(OC)c(NC(=O)[C@H]2C[C@H]([C@H](C)O)N[C@]23C(=O)Nc2c(Cl)cccc23)c1. The molecular formula is C22H24ClN3O5. The van der Waals surface area contributed by atoms with Crippen molar-refractivity contribution in [2.75, 3.05) is 24.9 Å². The molecule has 0 bridgehead atoms. The number of methoxy groups -OCH3 is 2. The summed E-state index contributed by atoms with van der Waals surface area (Å²) in [6.07, 6.45) is -0.508. The Balaban J connectivity index is 1.76. The molecule has 31 heavy (non-hydrogen) atoms. The Morgan fingerprint density at radius 3 is 2.74 bits per heavy atom. The van der Waals surface area contributed by atoms with Crippen molar-refractivity contribution in [2.24, 2.45) is 5.92 Å². The summed E-state index contributed by atoms with van der Waals surface area (Å²) < 4.78 is 10.6. The van der Waals surface area contributed by atoms with E-state index in [9.17, 15) is 14.7 Å². The third-order valence-electron chi connectivity index (χ3n) is 6.02. The molecule has 0 saturated carbocycles. The Morgan fingerprint density at radius 2 is 2.06 bits per heavy atom. The molecule has 1 fully saturated rings. The van der Waals surface area contributed by atoms with E-state index in [1.165, 1.54) is 14.2 Å². The maximum atomic E-state index is 13.5. The minimum atomic E-state index is -1.35. The van der Waals surface area contributed by atoms with Crippen LogP contribution >= 0.6 is 11.6 Å². The van der Waals surface area contributed by atoms with Crippen molar-refractivity contribution in [1.29, 1.82) is 0 Å². The van der Waals surface area contributed by atoms with Gasteiger partial charge >= 0.3 is 0 Å². The lowest BCUT2D eigenvalue weighted by Crippen LogP contribution is -2.53. The van der Waals surface area contributed by atoms with E-state index < -0.39 is 23.6 Å². The summed E-state index contributed by atoms with van der Waals surface area (Å²) in [5.41, 5.74) is 0.140. The normalized spacial score (nSPS) is 25.1. The minimum absolute atomic E-state index is 0.259. The van der Waals surface area contributed by atoms with Crippen LogP contribution in [0.4, 0.5) is 11.4 Å². The van der Waals surface area contributed by atoms with E-state index >= 15 is 0 Å². The van der Waals surface area contributed by atoms with Gasteiger partial charge in [0.25, 0.3) is 0 Å². The molecule has 2 aromatic carbocycles. The average molecular weight is 446 g/mol. The zero-order valence-corrected chi connectivity index (χ0v) is 18.1. The first-order chi connectivity index (χ1) is 14.8. The number of para-hydroxylation sites is 1. The molecule has 9 heteroatoms. The van der Waals surface area contributed by atoms with E-state index in [-0.39, 0.29) is 18.2 Å². The van der Waals surface area contributed by atoms with Gasteiger partial charge in [-0.15, -0.1) is 0 Å². The summed E-state index contributed by atoms with van der Waals surface area (Å²) in [6.45, 7) is 1.63. The third-order valence-corrected chi connectivity index (χ3v) is 6.34.